The van der Waals surface area contributed by atoms with Gasteiger partial charge in [0.15, 0.2) is 0 Å². The first-order valence-corrected chi connectivity index (χ1v) is 9.35. The van der Waals surface area contributed by atoms with Crippen LogP contribution in [0.25, 0.3) is 11.0 Å². The topological polar surface area (TPSA) is 99.3 Å². The van der Waals surface area contributed by atoms with E-state index in [0.29, 0.717) is 23.3 Å². The molecule has 7 heteroatoms. The summed E-state index contributed by atoms with van der Waals surface area (Å²) in [7, 11) is 1.42. The van der Waals surface area contributed by atoms with Gasteiger partial charge in [0.25, 0.3) is 5.91 Å². The molecule has 138 valence electrons. The average Bonchev–Trinajstić information content (AvgIpc) is 3.05. The molecule has 2 aromatic rings. The van der Waals surface area contributed by atoms with Gasteiger partial charge in [-0.3, -0.25) is 9.63 Å². The predicted octanol–water partition coefficient (Wildman–Crippen LogP) is 2.21. The fraction of sp³-hybridized carbons (Fsp3) is 0.579. The molecular formula is C19H24N4O3. The number of nitrogens with zero attached hydrogens (tertiary/aromatic N) is 1. The molecule has 0 spiro atoms. The van der Waals surface area contributed by atoms with Gasteiger partial charge >= 0.3 is 0 Å². The number of carbonyl (C=O) groups excluding carboxylic acids is 1. The summed E-state index contributed by atoms with van der Waals surface area (Å²) in [5.41, 5.74) is 3.97. The molecule has 5 atom stereocenters. The van der Waals surface area contributed by atoms with E-state index < -0.39 is 5.60 Å². The Balaban J connectivity index is 1.52. The maximum Gasteiger partial charge on any atom is 0.278 e. The van der Waals surface area contributed by atoms with Crippen LogP contribution in [0.1, 0.15) is 42.5 Å². The van der Waals surface area contributed by atoms with Crippen LogP contribution in [-0.2, 0) is 4.84 Å². The lowest BCUT2D eigenvalue weighted by Crippen LogP contribution is -2.59. The zero-order valence-corrected chi connectivity index (χ0v) is 14.8. The Kier molecular flexibility index (Phi) is 3.52. The summed E-state index contributed by atoms with van der Waals surface area (Å²) in [4.78, 5) is 24.7. The van der Waals surface area contributed by atoms with Crippen LogP contribution in [0.15, 0.2) is 18.5 Å². The van der Waals surface area contributed by atoms with Crippen LogP contribution in [-0.4, -0.2) is 39.7 Å². The van der Waals surface area contributed by atoms with Crippen LogP contribution in [0.5, 0.6) is 0 Å². The molecule has 2 heterocycles. The van der Waals surface area contributed by atoms with Crippen molar-refractivity contribution in [3.05, 3.63) is 24.0 Å². The molecule has 0 radical (unpaired) electrons. The number of anilines is 1. The molecule has 7 nitrogen and oxygen atoms in total. The predicted molar refractivity (Wildman–Crippen MR) is 96.5 cm³/mol. The van der Waals surface area contributed by atoms with E-state index in [2.05, 4.69) is 20.8 Å². The zero-order chi connectivity index (χ0) is 17.9. The Hall–Kier alpha value is -2.12. The number of fused-ring (bicyclic) bond motifs is 1. The van der Waals surface area contributed by atoms with Gasteiger partial charge in [-0.05, 0) is 55.9 Å². The van der Waals surface area contributed by atoms with Crippen molar-refractivity contribution in [3.8, 4) is 0 Å². The van der Waals surface area contributed by atoms with E-state index in [9.17, 15) is 9.90 Å². The molecule has 4 bridgehead atoms. The number of rotatable bonds is 4. The molecule has 1 amide bonds. The molecule has 4 saturated carbocycles. The Morgan fingerprint density at radius 3 is 2.81 bits per heavy atom. The van der Waals surface area contributed by atoms with E-state index in [4.69, 9.17) is 4.84 Å². The molecule has 4 fully saturated rings. The molecule has 4 N–H and O–H groups in total. The standard InChI is InChI=1S/C19H24N4O3/c1-26-23-18(24)14-9-21-17-13(2-3-20-17)16(14)22-15-11-4-10-5-12(15)8-19(25,6-10)7-11/h2-3,9-12,15,25H,4-8H2,1H3,(H,23,24)(H2,20,21,22)/t10?,11-,12+,15+,19-. The summed E-state index contributed by atoms with van der Waals surface area (Å²) in [6.07, 6.45) is 8.43. The Morgan fingerprint density at radius 2 is 2.12 bits per heavy atom. The van der Waals surface area contributed by atoms with Gasteiger partial charge in [0.2, 0.25) is 0 Å². The number of aromatic nitrogens is 2. The van der Waals surface area contributed by atoms with Crippen molar-refractivity contribution in [2.24, 2.45) is 17.8 Å². The summed E-state index contributed by atoms with van der Waals surface area (Å²) in [6.45, 7) is 0. The van der Waals surface area contributed by atoms with Crippen molar-refractivity contribution in [2.45, 2.75) is 43.7 Å². The SMILES string of the molecule is CONC(=O)c1cnc2[nH]ccc2c1N[C@H]1[C@@H]2CC3C[C@H]1C[C@@](O)(C3)C2. The summed E-state index contributed by atoms with van der Waals surface area (Å²) in [5.74, 6) is 1.24. The Labute approximate surface area is 151 Å². The van der Waals surface area contributed by atoms with Crippen LogP contribution in [0.4, 0.5) is 5.69 Å². The lowest BCUT2D eigenvalue weighted by molar-refractivity contribution is -0.129. The second-order valence-corrected chi connectivity index (χ2v) is 8.29. The number of H-pyrrole nitrogens is 1. The molecule has 6 rings (SSSR count). The highest BCUT2D eigenvalue weighted by Crippen LogP contribution is 2.56. The minimum Gasteiger partial charge on any atom is -0.390 e. The van der Waals surface area contributed by atoms with E-state index in [0.717, 1.165) is 48.8 Å². The van der Waals surface area contributed by atoms with E-state index in [1.165, 1.54) is 7.11 Å². The molecule has 0 saturated heterocycles. The van der Waals surface area contributed by atoms with E-state index >= 15 is 0 Å². The number of hydroxylamine groups is 1. The van der Waals surface area contributed by atoms with Crippen LogP contribution < -0.4 is 10.8 Å². The lowest BCUT2D eigenvalue weighted by atomic mass is 9.52. The largest absolute Gasteiger partial charge is 0.390 e. The third-order valence-electron chi connectivity index (χ3n) is 6.58. The van der Waals surface area contributed by atoms with Crippen molar-refractivity contribution < 1.29 is 14.7 Å². The van der Waals surface area contributed by atoms with Crippen molar-refractivity contribution in [2.75, 3.05) is 12.4 Å². The van der Waals surface area contributed by atoms with Crippen molar-refractivity contribution in [3.63, 3.8) is 0 Å². The van der Waals surface area contributed by atoms with Gasteiger partial charge in [-0.2, -0.15) is 0 Å². The number of carbonyl (C=O) groups is 1. The fourth-order valence-corrected chi connectivity index (χ4v) is 5.87. The normalized spacial score (nSPS) is 35.0. The van der Waals surface area contributed by atoms with Crippen LogP contribution in [0.3, 0.4) is 0 Å². The summed E-state index contributed by atoms with van der Waals surface area (Å²) >= 11 is 0. The van der Waals surface area contributed by atoms with Crippen molar-refractivity contribution >= 4 is 22.6 Å². The van der Waals surface area contributed by atoms with Gasteiger partial charge in [-0.1, -0.05) is 0 Å². The highest BCUT2D eigenvalue weighted by atomic mass is 16.6. The fourth-order valence-electron chi connectivity index (χ4n) is 5.87. The Morgan fingerprint density at radius 1 is 1.35 bits per heavy atom. The zero-order valence-electron chi connectivity index (χ0n) is 14.8. The van der Waals surface area contributed by atoms with E-state index in [1.54, 1.807) is 6.20 Å². The van der Waals surface area contributed by atoms with Gasteiger partial charge in [-0.25, -0.2) is 10.5 Å². The second-order valence-electron chi connectivity index (χ2n) is 8.29. The summed E-state index contributed by atoms with van der Waals surface area (Å²) in [5, 5.41) is 15.4. The number of aliphatic hydroxyl groups is 1. The number of aromatic amines is 1. The highest BCUT2D eigenvalue weighted by molar-refractivity contribution is 6.06. The molecule has 26 heavy (non-hydrogen) atoms. The number of hydrogen-bond donors (Lipinski definition) is 4. The molecule has 1 unspecified atom stereocenters. The first kappa shape index (κ1) is 16.1. The molecular weight excluding hydrogens is 332 g/mol. The maximum absolute atomic E-state index is 12.5. The van der Waals surface area contributed by atoms with Gasteiger partial charge < -0.3 is 15.4 Å². The third-order valence-corrected chi connectivity index (χ3v) is 6.58. The number of amides is 1. The number of pyridine rings is 1. The molecule has 2 aromatic heterocycles. The lowest BCUT2D eigenvalue weighted by Gasteiger charge is -2.58. The van der Waals surface area contributed by atoms with Gasteiger partial charge in [0.05, 0.1) is 24.0 Å². The van der Waals surface area contributed by atoms with Crippen molar-refractivity contribution in [1.82, 2.24) is 15.4 Å². The molecule has 0 aliphatic heterocycles. The molecule has 4 aliphatic carbocycles. The molecule has 0 aromatic carbocycles. The van der Waals surface area contributed by atoms with Gasteiger partial charge in [0.1, 0.15) is 5.65 Å². The average molecular weight is 356 g/mol. The highest BCUT2D eigenvalue weighted by Gasteiger charge is 2.54. The quantitative estimate of drug-likeness (QED) is 0.630. The monoisotopic (exact) mass is 356 g/mol. The summed E-state index contributed by atoms with van der Waals surface area (Å²) < 4.78 is 0. The van der Waals surface area contributed by atoms with Gasteiger partial charge in [0, 0.05) is 23.8 Å². The maximum atomic E-state index is 12.5. The minimum absolute atomic E-state index is 0.279. The van der Waals surface area contributed by atoms with E-state index in [-0.39, 0.29) is 11.9 Å². The smallest absolute Gasteiger partial charge is 0.278 e. The molecule has 4 aliphatic rings. The minimum atomic E-state index is -0.466. The van der Waals surface area contributed by atoms with Crippen LogP contribution in [0, 0.1) is 17.8 Å². The first-order chi connectivity index (χ1) is 12.6. The third kappa shape index (κ3) is 2.41. The van der Waals surface area contributed by atoms with Gasteiger partial charge in [-0.15, -0.1) is 0 Å². The van der Waals surface area contributed by atoms with Crippen LogP contribution >= 0.6 is 0 Å². The summed E-state index contributed by atoms with van der Waals surface area (Å²) in [6, 6.07) is 2.22. The van der Waals surface area contributed by atoms with E-state index in [1.807, 2.05) is 12.3 Å². The number of hydrogen-bond acceptors (Lipinski definition) is 5. The Bertz CT molecular complexity index is 848. The second kappa shape index (κ2) is 5.69. The number of nitrogens with one attached hydrogen (secondary N) is 3. The first-order valence-electron chi connectivity index (χ1n) is 9.35. The van der Waals surface area contributed by atoms with Crippen LogP contribution in [0.2, 0.25) is 0 Å². The van der Waals surface area contributed by atoms with Crippen molar-refractivity contribution in [1.29, 1.82) is 0 Å².